The lowest BCUT2D eigenvalue weighted by Gasteiger charge is -2.30. The van der Waals surface area contributed by atoms with Gasteiger partial charge >= 0.3 is 0 Å². The van der Waals surface area contributed by atoms with E-state index in [0.717, 1.165) is 31.2 Å². The maximum Gasteiger partial charge on any atom is 0.273 e. The lowest BCUT2D eigenvalue weighted by atomic mass is 9.95. The van der Waals surface area contributed by atoms with Gasteiger partial charge in [-0.25, -0.2) is 4.98 Å². The van der Waals surface area contributed by atoms with Gasteiger partial charge < -0.3 is 14.9 Å². The van der Waals surface area contributed by atoms with Crippen LogP contribution in [-0.2, 0) is 0 Å². The minimum absolute atomic E-state index is 0.0175. The van der Waals surface area contributed by atoms with Crippen molar-refractivity contribution in [1.82, 2.24) is 14.8 Å². The number of carbonyl (C=O) groups is 1. The summed E-state index contributed by atoms with van der Waals surface area (Å²) in [4.78, 5) is 21.2. The highest BCUT2D eigenvalue weighted by Gasteiger charge is 2.36. The predicted molar refractivity (Wildman–Crippen MR) is 87.1 cm³/mol. The minimum Gasteiger partial charge on any atom is -0.396 e. The Morgan fingerprint density at radius 2 is 2.05 bits per heavy atom. The highest BCUT2D eigenvalue weighted by molar-refractivity contribution is 7.09. The Bertz CT molecular complexity index is 513. The number of carbonyl (C=O) groups excluding carboxylic acids is 1. The molecule has 1 aromatic rings. The molecule has 3 rings (SSSR count). The number of rotatable bonds is 4. The van der Waals surface area contributed by atoms with Crippen LogP contribution in [0.15, 0.2) is 5.38 Å². The molecule has 3 heterocycles. The predicted octanol–water partition coefficient (Wildman–Crippen LogP) is 1.62. The zero-order valence-electron chi connectivity index (χ0n) is 13.2. The van der Waals surface area contributed by atoms with Gasteiger partial charge in [0.25, 0.3) is 5.91 Å². The first-order valence-corrected chi connectivity index (χ1v) is 9.10. The average molecular weight is 323 g/mol. The molecule has 2 atom stereocenters. The fourth-order valence-corrected chi connectivity index (χ4v) is 4.20. The second-order valence-electron chi connectivity index (χ2n) is 6.53. The highest BCUT2D eigenvalue weighted by Crippen LogP contribution is 2.27. The number of hydrogen-bond acceptors (Lipinski definition) is 5. The van der Waals surface area contributed by atoms with E-state index in [1.165, 1.54) is 30.6 Å². The standard InChI is InChI=1S/C16H25N3O2S/c1-12-17-15(11-22-12)16(21)19-8-13(14(9-19)10-20)7-18-5-3-2-4-6-18/h11,13-14,20H,2-10H2,1H3. The van der Waals surface area contributed by atoms with E-state index < -0.39 is 0 Å². The number of amides is 1. The van der Waals surface area contributed by atoms with E-state index in [1.807, 2.05) is 17.2 Å². The summed E-state index contributed by atoms with van der Waals surface area (Å²) in [5, 5.41) is 12.4. The summed E-state index contributed by atoms with van der Waals surface area (Å²) in [5.41, 5.74) is 0.554. The highest BCUT2D eigenvalue weighted by atomic mass is 32.1. The maximum atomic E-state index is 12.5. The van der Waals surface area contributed by atoms with E-state index >= 15 is 0 Å². The summed E-state index contributed by atoms with van der Waals surface area (Å²) in [6.07, 6.45) is 3.88. The van der Waals surface area contributed by atoms with Crippen molar-refractivity contribution in [3.63, 3.8) is 0 Å². The number of aryl methyl sites for hydroxylation is 1. The lowest BCUT2D eigenvalue weighted by Crippen LogP contribution is -2.37. The van der Waals surface area contributed by atoms with Gasteiger partial charge in [0.15, 0.2) is 0 Å². The van der Waals surface area contributed by atoms with Crippen molar-refractivity contribution < 1.29 is 9.90 Å². The van der Waals surface area contributed by atoms with Crippen LogP contribution >= 0.6 is 11.3 Å². The van der Waals surface area contributed by atoms with Gasteiger partial charge in [-0.3, -0.25) is 4.79 Å². The smallest absolute Gasteiger partial charge is 0.273 e. The Labute approximate surface area is 135 Å². The fraction of sp³-hybridized carbons (Fsp3) is 0.750. The molecule has 2 aliphatic rings. The number of aliphatic hydroxyl groups excluding tert-OH is 1. The van der Waals surface area contributed by atoms with Crippen molar-refractivity contribution in [2.75, 3.05) is 39.3 Å². The quantitative estimate of drug-likeness (QED) is 0.915. The number of thiazole rings is 1. The first kappa shape index (κ1) is 15.9. The van der Waals surface area contributed by atoms with Gasteiger partial charge in [0.2, 0.25) is 0 Å². The molecule has 1 amide bonds. The molecule has 2 unspecified atom stereocenters. The van der Waals surface area contributed by atoms with Crippen LogP contribution in [0.25, 0.3) is 0 Å². The molecule has 0 radical (unpaired) electrons. The van der Waals surface area contributed by atoms with Crippen LogP contribution in [-0.4, -0.2) is 65.1 Å². The van der Waals surface area contributed by atoms with Crippen molar-refractivity contribution in [2.45, 2.75) is 26.2 Å². The molecule has 0 spiro atoms. The van der Waals surface area contributed by atoms with Crippen molar-refractivity contribution >= 4 is 17.2 Å². The van der Waals surface area contributed by atoms with Crippen LogP contribution in [0.2, 0.25) is 0 Å². The molecule has 0 saturated carbocycles. The third-order valence-electron chi connectivity index (χ3n) is 4.88. The number of likely N-dealkylation sites (tertiary alicyclic amines) is 2. The molecule has 2 saturated heterocycles. The third-order valence-corrected chi connectivity index (χ3v) is 5.65. The summed E-state index contributed by atoms with van der Waals surface area (Å²) < 4.78 is 0. The van der Waals surface area contributed by atoms with Gasteiger partial charge in [-0.05, 0) is 38.8 Å². The van der Waals surface area contributed by atoms with Crippen molar-refractivity contribution in [3.8, 4) is 0 Å². The van der Waals surface area contributed by atoms with Gasteiger partial charge in [-0.1, -0.05) is 6.42 Å². The van der Waals surface area contributed by atoms with E-state index in [1.54, 1.807) is 0 Å². The van der Waals surface area contributed by atoms with Crippen molar-refractivity contribution in [3.05, 3.63) is 16.1 Å². The molecule has 0 aliphatic carbocycles. The molecule has 0 bridgehead atoms. The Hall–Kier alpha value is -0.980. The Kier molecular flexibility index (Phi) is 5.10. The van der Waals surface area contributed by atoms with Gasteiger partial charge in [0.05, 0.1) is 5.01 Å². The number of hydrogen-bond donors (Lipinski definition) is 1. The molecule has 6 heteroatoms. The fourth-order valence-electron chi connectivity index (χ4n) is 3.62. The van der Waals surface area contributed by atoms with Gasteiger partial charge in [-0.15, -0.1) is 11.3 Å². The topological polar surface area (TPSA) is 56.7 Å². The van der Waals surface area contributed by atoms with E-state index in [2.05, 4.69) is 9.88 Å². The van der Waals surface area contributed by atoms with Crippen LogP contribution in [0.4, 0.5) is 0 Å². The summed E-state index contributed by atoms with van der Waals surface area (Å²) in [7, 11) is 0. The monoisotopic (exact) mass is 323 g/mol. The summed E-state index contributed by atoms with van der Waals surface area (Å²) in [6, 6.07) is 0. The zero-order valence-corrected chi connectivity index (χ0v) is 14.0. The number of nitrogens with zero attached hydrogens (tertiary/aromatic N) is 3. The third kappa shape index (κ3) is 3.50. The van der Waals surface area contributed by atoms with Gasteiger partial charge in [0, 0.05) is 37.5 Å². The molecule has 1 aromatic heterocycles. The Morgan fingerprint density at radius 1 is 1.32 bits per heavy atom. The molecule has 2 aliphatic heterocycles. The number of aliphatic hydroxyl groups is 1. The molecule has 0 aromatic carbocycles. The summed E-state index contributed by atoms with van der Waals surface area (Å²) in [5.74, 6) is 0.598. The maximum absolute atomic E-state index is 12.5. The zero-order chi connectivity index (χ0) is 15.5. The van der Waals surface area contributed by atoms with Crippen molar-refractivity contribution in [2.24, 2.45) is 11.8 Å². The normalized spacial score (nSPS) is 26.5. The van der Waals surface area contributed by atoms with Crippen LogP contribution in [0.5, 0.6) is 0 Å². The first-order chi connectivity index (χ1) is 10.7. The molecule has 1 N–H and O–H groups in total. The van der Waals surface area contributed by atoms with E-state index in [4.69, 9.17) is 0 Å². The number of piperidine rings is 1. The lowest BCUT2D eigenvalue weighted by molar-refractivity contribution is 0.0773. The Balaban J connectivity index is 1.62. The SMILES string of the molecule is Cc1nc(C(=O)N2CC(CO)C(CN3CCCCC3)C2)cs1. The van der Waals surface area contributed by atoms with Crippen molar-refractivity contribution in [1.29, 1.82) is 0 Å². The van der Waals surface area contributed by atoms with E-state index in [9.17, 15) is 9.90 Å². The molecule has 2 fully saturated rings. The van der Waals surface area contributed by atoms with E-state index in [0.29, 0.717) is 18.2 Å². The van der Waals surface area contributed by atoms with E-state index in [-0.39, 0.29) is 18.4 Å². The molecule has 122 valence electrons. The largest absolute Gasteiger partial charge is 0.396 e. The minimum atomic E-state index is 0.0175. The van der Waals surface area contributed by atoms with Gasteiger partial charge in [0.1, 0.15) is 5.69 Å². The first-order valence-electron chi connectivity index (χ1n) is 8.22. The second-order valence-corrected chi connectivity index (χ2v) is 7.59. The molecule has 5 nitrogen and oxygen atoms in total. The van der Waals surface area contributed by atoms with Gasteiger partial charge in [-0.2, -0.15) is 0 Å². The molecular formula is C16H25N3O2S. The van der Waals surface area contributed by atoms with Crippen LogP contribution < -0.4 is 0 Å². The summed E-state index contributed by atoms with van der Waals surface area (Å²) in [6.45, 7) is 6.81. The number of aromatic nitrogens is 1. The summed E-state index contributed by atoms with van der Waals surface area (Å²) >= 11 is 1.51. The molecule has 22 heavy (non-hydrogen) atoms. The second kappa shape index (κ2) is 7.06. The average Bonchev–Trinajstić information content (AvgIpc) is 3.14. The Morgan fingerprint density at radius 3 is 2.68 bits per heavy atom. The van der Waals surface area contributed by atoms with Crippen LogP contribution in [0.3, 0.4) is 0 Å². The van der Waals surface area contributed by atoms with Crippen LogP contribution in [0.1, 0.15) is 34.8 Å². The molecular weight excluding hydrogens is 298 g/mol. The van der Waals surface area contributed by atoms with Crippen LogP contribution in [0, 0.1) is 18.8 Å².